The third-order valence-electron chi connectivity index (χ3n) is 6.92. The van der Waals surface area contributed by atoms with E-state index in [-0.39, 0.29) is 23.6 Å². The van der Waals surface area contributed by atoms with E-state index in [2.05, 4.69) is 15.1 Å². The van der Waals surface area contributed by atoms with Gasteiger partial charge < -0.3 is 4.90 Å². The summed E-state index contributed by atoms with van der Waals surface area (Å²) in [6.07, 6.45) is 3.41. The zero-order chi connectivity index (χ0) is 25.7. The van der Waals surface area contributed by atoms with Gasteiger partial charge in [0.15, 0.2) is 17.5 Å². The highest BCUT2D eigenvalue weighted by Crippen LogP contribution is 2.41. The Morgan fingerprint density at radius 1 is 1.06 bits per heavy atom. The van der Waals surface area contributed by atoms with E-state index in [0.717, 1.165) is 28.9 Å². The number of aryl methyl sites for hydroxylation is 2. The Hall–Kier alpha value is -3.75. The molecule has 0 saturated carbocycles. The number of aromatic nitrogens is 4. The summed E-state index contributed by atoms with van der Waals surface area (Å²) in [4.78, 5) is 24.6. The van der Waals surface area contributed by atoms with Crippen LogP contribution in [0.2, 0.25) is 0 Å². The monoisotopic (exact) mass is 493 g/mol. The lowest BCUT2D eigenvalue weighted by Crippen LogP contribution is -2.47. The molecule has 3 heterocycles. The standard InChI is InChI=1S/C27H26F3N5O/c1-5-17-12-18-25(33-34(4)26(18)16-9-19(28)24(30)20(29)10-16)23(6-2)35(17)27(36)15-7-8-21-22(11-15)31-13-14(3)32-21/h7-11,13,17,23H,5-6,12H2,1-4H3. The second-order valence-corrected chi connectivity index (χ2v) is 9.21. The SMILES string of the molecule is CCC1Cc2c(nn(C)c2-c2cc(F)c(F)c(F)c2)C(CC)N1C(=O)c1ccc2nc(C)cnc2c1. The molecule has 5 rings (SSSR count). The third-order valence-corrected chi connectivity index (χ3v) is 6.92. The maximum absolute atomic E-state index is 14.1. The molecular weight excluding hydrogens is 467 g/mol. The van der Waals surface area contributed by atoms with E-state index in [1.54, 1.807) is 36.1 Å². The molecule has 186 valence electrons. The van der Waals surface area contributed by atoms with E-state index in [4.69, 9.17) is 0 Å². The highest BCUT2D eigenvalue weighted by Gasteiger charge is 2.40. The lowest BCUT2D eigenvalue weighted by Gasteiger charge is -2.41. The normalized spacial score (nSPS) is 17.5. The molecule has 0 aliphatic carbocycles. The summed E-state index contributed by atoms with van der Waals surface area (Å²) in [5.74, 6) is -4.13. The molecule has 36 heavy (non-hydrogen) atoms. The Morgan fingerprint density at radius 2 is 1.78 bits per heavy atom. The van der Waals surface area contributed by atoms with Crippen LogP contribution < -0.4 is 0 Å². The first-order valence-electron chi connectivity index (χ1n) is 12.0. The first-order valence-corrected chi connectivity index (χ1v) is 12.0. The van der Waals surface area contributed by atoms with Crippen molar-refractivity contribution in [1.29, 1.82) is 0 Å². The molecule has 1 aliphatic rings. The van der Waals surface area contributed by atoms with Gasteiger partial charge in [-0.2, -0.15) is 5.10 Å². The molecule has 2 aromatic carbocycles. The van der Waals surface area contributed by atoms with Gasteiger partial charge in [0.25, 0.3) is 5.91 Å². The quantitative estimate of drug-likeness (QED) is 0.343. The molecule has 0 spiro atoms. The highest BCUT2D eigenvalue weighted by molar-refractivity contribution is 5.98. The fourth-order valence-electron chi connectivity index (χ4n) is 5.25. The number of rotatable bonds is 4. The summed E-state index contributed by atoms with van der Waals surface area (Å²) < 4.78 is 43.3. The number of carbonyl (C=O) groups is 1. The van der Waals surface area contributed by atoms with E-state index in [1.807, 2.05) is 25.7 Å². The van der Waals surface area contributed by atoms with Crippen LogP contribution in [0.4, 0.5) is 13.2 Å². The number of carbonyl (C=O) groups excluding carboxylic acids is 1. The molecule has 9 heteroatoms. The topological polar surface area (TPSA) is 63.9 Å². The van der Waals surface area contributed by atoms with Crippen LogP contribution in [0.3, 0.4) is 0 Å². The summed E-state index contributed by atoms with van der Waals surface area (Å²) in [7, 11) is 1.69. The van der Waals surface area contributed by atoms with E-state index in [0.29, 0.717) is 41.7 Å². The van der Waals surface area contributed by atoms with Gasteiger partial charge in [-0.1, -0.05) is 13.8 Å². The van der Waals surface area contributed by atoms with E-state index < -0.39 is 17.5 Å². The van der Waals surface area contributed by atoms with Crippen LogP contribution in [0, 0.1) is 24.4 Å². The maximum Gasteiger partial charge on any atom is 0.254 e. The maximum atomic E-state index is 14.1. The average molecular weight is 494 g/mol. The Labute approximate surface area is 206 Å². The average Bonchev–Trinajstić information content (AvgIpc) is 3.20. The first kappa shape index (κ1) is 24.0. The molecule has 2 aromatic heterocycles. The molecule has 0 radical (unpaired) electrons. The van der Waals surface area contributed by atoms with Crippen LogP contribution in [0.5, 0.6) is 0 Å². The summed E-state index contributed by atoms with van der Waals surface area (Å²) in [6.45, 7) is 5.85. The number of fused-ring (bicyclic) bond motifs is 2. The third kappa shape index (κ3) is 3.83. The fraction of sp³-hybridized carbons (Fsp3) is 0.333. The van der Waals surface area contributed by atoms with Crippen molar-refractivity contribution in [3.63, 3.8) is 0 Å². The predicted molar refractivity (Wildman–Crippen MR) is 130 cm³/mol. The second kappa shape index (κ2) is 9.04. The van der Waals surface area contributed by atoms with Crippen LogP contribution in [0.1, 0.15) is 60.0 Å². The minimum absolute atomic E-state index is 0.130. The number of nitrogens with zero attached hydrogens (tertiary/aromatic N) is 5. The Kier molecular flexibility index (Phi) is 6.02. The van der Waals surface area contributed by atoms with E-state index >= 15 is 0 Å². The summed E-state index contributed by atoms with van der Waals surface area (Å²) in [5, 5.41) is 4.68. The van der Waals surface area contributed by atoms with Gasteiger partial charge in [0.05, 0.1) is 34.2 Å². The van der Waals surface area contributed by atoms with E-state index in [1.165, 1.54) is 0 Å². The van der Waals surface area contributed by atoms with Gasteiger partial charge in [-0.15, -0.1) is 0 Å². The number of amides is 1. The minimum Gasteiger partial charge on any atom is -0.327 e. The van der Waals surface area contributed by atoms with Crippen LogP contribution in [0.25, 0.3) is 22.3 Å². The summed E-state index contributed by atoms with van der Waals surface area (Å²) in [5.41, 5.74) is 4.94. The molecule has 0 bridgehead atoms. The largest absolute Gasteiger partial charge is 0.327 e. The smallest absolute Gasteiger partial charge is 0.254 e. The number of hydrogen-bond acceptors (Lipinski definition) is 4. The lowest BCUT2D eigenvalue weighted by molar-refractivity contribution is 0.0513. The zero-order valence-corrected chi connectivity index (χ0v) is 20.5. The number of benzene rings is 2. The molecule has 6 nitrogen and oxygen atoms in total. The van der Waals surface area contributed by atoms with Gasteiger partial charge in [0.1, 0.15) is 0 Å². The van der Waals surface area contributed by atoms with Gasteiger partial charge >= 0.3 is 0 Å². The number of halogens is 3. The van der Waals surface area contributed by atoms with Crippen molar-refractivity contribution in [3.05, 3.63) is 76.5 Å². The predicted octanol–water partition coefficient (Wildman–Crippen LogP) is 5.68. The second-order valence-electron chi connectivity index (χ2n) is 9.21. The molecule has 1 aliphatic heterocycles. The Morgan fingerprint density at radius 3 is 2.44 bits per heavy atom. The van der Waals surface area contributed by atoms with Crippen LogP contribution in [-0.4, -0.2) is 36.6 Å². The van der Waals surface area contributed by atoms with Crippen LogP contribution in [-0.2, 0) is 13.5 Å². The van der Waals surface area contributed by atoms with Crippen molar-refractivity contribution in [2.45, 2.75) is 52.1 Å². The van der Waals surface area contributed by atoms with Gasteiger partial charge in [0.2, 0.25) is 0 Å². The highest BCUT2D eigenvalue weighted by atomic mass is 19.2. The Bertz CT molecular complexity index is 1480. The van der Waals surface area contributed by atoms with Crippen LogP contribution in [0.15, 0.2) is 36.5 Å². The van der Waals surface area contributed by atoms with Gasteiger partial charge in [-0.3, -0.25) is 14.5 Å². The molecule has 0 saturated heterocycles. The van der Waals surface area contributed by atoms with Crippen molar-refractivity contribution >= 4 is 16.9 Å². The van der Waals surface area contributed by atoms with Gasteiger partial charge in [0, 0.05) is 36.0 Å². The van der Waals surface area contributed by atoms with Crippen molar-refractivity contribution in [2.75, 3.05) is 0 Å². The molecule has 0 fully saturated rings. The summed E-state index contributed by atoms with van der Waals surface area (Å²) >= 11 is 0. The van der Waals surface area contributed by atoms with E-state index in [9.17, 15) is 18.0 Å². The molecule has 0 N–H and O–H groups in total. The van der Waals surface area contributed by atoms with Crippen molar-refractivity contribution in [1.82, 2.24) is 24.6 Å². The van der Waals surface area contributed by atoms with Gasteiger partial charge in [-0.05, 0) is 56.5 Å². The van der Waals surface area contributed by atoms with Gasteiger partial charge in [-0.25, -0.2) is 18.2 Å². The summed E-state index contributed by atoms with van der Waals surface area (Å²) in [6, 6.07) is 6.82. The van der Waals surface area contributed by atoms with Crippen molar-refractivity contribution < 1.29 is 18.0 Å². The lowest BCUT2D eigenvalue weighted by atomic mass is 9.87. The molecule has 2 unspecified atom stereocenters. The van der Waals surface area contributed by atoms with Crippen molar-refractivity contribution in [2.24, 2.45) is 7.05 Å². The zero-order valence-electron chi connectivity index (χ0n) is 20.5. The Balaban J connectivity index is 1.59. The first-order chi connectivity index (χ1) is 17.2. The molecule has 1 amide bonds. The fourth-order valence-corrected chi connectivity index (χ4v) is 5.25. The minimum atomic E-state index is -1.50. The molecule has 4 aromatic rings. The number of hydrogen-bond donors (Lipinski definition) is 0. The molecule has 2 atom stereocenters. The van der Waals surface area contributed by atoms with Crippen LogP contribution >= 0.6 is 0 Å². The molecular formula is C27H26F3N5O. The van der Waals surface area contributed by atoms with Crippen molar-refractivity contribution in [3.8, 4) is 11.3 Å².